The van der Waals surface area contributed by atoms with Gasteiger partial charge in [-0.25, -0.2) is 4.79 Å². The third-order valence-corrected chi connectivity index (χ3v) is 3.59. The van der Waals surface area contributed by atoms with E-state index < -0.39 is 5.97 Å². The molecule has 0 aliphatic heterocycles. The van der Waals surface area contributed by atoms with Crippen LogP contribution in [0.3, 0.4) is 0 Å². The molecule has 6 nitrogen and oxygen atoms in total. The average Bonchev–Trinajstić information content (AvgIpc) is 2.79. The van der Waals surface area contributed by atoms with Crippen molar-refractivity contribution in [1.82, 2.24) is 4.37 Å². The van der Waals surface area contributed by atoms with Crippen molar-refractivity contribution in [3.63, 3.8) is 0 Å². The second kappa shape index (κ2) is 5.79. The summed E-state index contributed by atoms with van der Waals surface area (Å²) in [5.41, 5.74) is 1.27. The molecule has 0 aliphatic carbocycles. The lowest BCUT2D eigenvalue weighted by atomic mass is 10.2. The Hall–Kier alpha value is -2.28. The molecular formula is C13H14N2O4S. The minimum atomic E-state index is -1.01. The minimum Gasteiger partial charge on any atom is -0.497 e. The van der Waals surface area contributed by atoms with Gasteiger partial charge in [-0.15, -0.1) is 0 Å². The summed E-state index contributed by atoms with van der Waals surface area (Å²) < 4.78 is 14.5. The van der Waals surface area contributed by atoms with Crippen molar-refractivity contribution in [3.05, 3.63) is 29.5 Å². The van der Waals surface area contributed by atoms with Gasteiger partial charge in [-0.3, -0.25) is 0 Å². The fourth-order valence-electron chi connectivity index (χ4n) is 1.74. The molecule has 0 bridgehead atoms. The molecule has 7 heteroatoms. The zero-order chi connectivity index (χ0) is 14.7. The van der Waals surface area contributed by atoms with E-state index in [1.807, 2.05) is 0 Å². The van der Waals surface area contributed by atoms with Crippen LogP contribution in [0.2, 0.25) is 0 Å². The Morgan fingerprint density at radius 2 is 2.10 bits per heavy atom. The van der Waals surface area contributed by atoms with E-state index in [0.717, 1.165) is 11.5 Å². The number of anilines is 2. The van der Waals surface area contributed by atoms with Gasteiger partial charge in [0.1, 0.15) is 22.1 Å². The van der Waals surface area contributed by atoms with Crippen molar-refractivity contribution in [1.29, 1.82) is 0 Å². The highest BCUT2D eigenvalue weighted by atomic mass is 32.1. The topological polar surface area (TPSA) is 80.7 Å². The van der Waals surface area contributed by atoms with E-state index in [4.69, 9.17) is 9.47 Å². The molecule has 2 rings (SSSR count). The first kappa shape index (κ1) is 14.1. The first-order valence-corrected chi connectivity index (χ1v) is 6.52. The summed E-state index contributed by atoms with van der Waals surface area (Å²) in [6.45, 7) is 1.66. The number of aryl methyl sites for hydroxylation is 1. The monoisotopic (exact) mass is 294 g/mol. The number of aromatic nitrogens is 1. The van der Waals surface area contributed by atoms with Crippen LogP contribution in [0, 0.1) is 6.92 Å². The van der Waals surface area contributed by atoms with Crippen molar-refractivity contribution in [2.75, 3.05) is 19.5 Å². The zero-order valence-corrected chi connectivity index (χ0v) is 12.1. The third-order valence-electron chi connectivity index (χ3n) is 2.73. The zero-order valence-electron chi connectivity index (χ0n) is 11.3. The lowest BCUT2D eigenvalue weighted by Crippen LogP contribution is -2.02. The molecule has 0 fully saturated rings. The Labute approximate surface area is 120 Å². The summed E-state index contributed by atoms with van der Waals surface area (Å²) in [4.78, 5) is 11.2. The van der Waals surface area contributed by atoms with E-state index in [-0.39, 0.29) is 5.56 Å². The van der Waals surface area contributed by atoms with Crippen molar-refractivity contribution in [3.8, 4) is 11.5 Å². The first-order valence-electron chi connectivity index (χ1n) is 5.75. The maximum atomic E-state index is 11.2. The lowest BCUT2D eigenvalue weighted by Gasteiger charge is -2.11. The maximum Gasteiger partial charge on any atom is 0.340 e. The van der Waals surface area contributed by atoms with E-state index in [0.29, 0.717) is 27.9 Å². The van der Waals surface area contributed by atoms with Crippen molar-refractivity contribution in [2.45, 2.75) is 6.92 Å². The summed E-state index contributed by atoms with van der Waals surface area (Å²) in [6.07, 6.45) is 0. The van der Waals surface area contributed by atoms with Crippen LogP contribution in [-0.4, -0.2) is 29.7 Å². The van der Waals surface area contributed by atoms with Crippen LogP contribution in [0.15, 0.2) is 18.2 Å². The second-order valence-electron chi connectivity index (χ2n) is 3.97. The Morgan fingerprint density at radius 3 is 2.70 bits per heavy atom. The van der Waals surface area contributed by atoms with Gasteiger partial charge in [-0.1, -0.05) is 0 Å². The van der Waals surface area contributed by atoms with E-state index in [9.17, 15) is 9.90 Å². The number of nitrogens with zero attached hydrogens (tertiary/aromatic N) is 1. The Morgan fingerprint density at radius 1 is 1.35 bits per heavy atom. The highest BCUT2D eigenvalue weighted by molar-refractivity contribution is 7.10. The van der Waals surface area contributed by atoms with Gasteiger partial charge in [0.05, 0.1) is 25.6 Å². The van der Waals surface area contributed by atoms with Crippen LogP contribution >= 0.6 is 11.5 Å². The van der Waals surface area contributed by atoms with E-state index in [1.54, 1.807) is 39.3 Å². The van der Waals surface area contributed by atoms with Gasteiger partial charge in [0.2, 0.25) is 0 Å². The van der Waals surface area contributed by atoms with Crippen LogP contribution in [-0.2, 0) is 0 Å². The summed E-state index contributed by atoms with van der Waals surface area (Å²) in [7, 11) is 3.11. The number of hydrogen-bond acceptors (Lipinski definition) is 6. The van der Waals surface area contributed by atoms with Gasteiger partial charge in [0.25, 0.3) is 0 Å². The molecule has 0 radical (unpaired) electrons. The van der Waals surface area contributed by atoms with Crippen LogP contribution < -0.4 is 14.8 Å². The molecule has 106 valence electrons. The highest BCUT2D eigenvalue weighted by Crippen LogP contribution is 2.35. The molecule has 0 unspecified atom stereocenters. The predicted octanol–water partition coefficient (Wildman–Crippen LogP) is 2.91. The molecule has 1 aromatic carbocycles. The molecule has 0 aliphatic rings. The number of carboxylic acids is 1. The molecule has 1 aromatic heterocycles. The summed E-state index contributed by atoms with van der Waals surface area (Å²) >= 11 is 1.09. The Bertz CT molecular complexity index is 639. The predicted molar refractivity (Wildman–Crippen MR) is 76.6 cm³/mol. The molecule has 20 heavy (non-hydrogen) atoms. The molecule has 1 heterocycles. The van der Waals surface area contributed by atoms with Gasteiger partial charge in [0.15, 0.2) is 0 Å². The first-order chi connectivity index (χ1) is 9.56. The van der Waals surface area contributed by atoms with Gasteiger partial charge in [-0.2, -0.15) is 4.37 Å². The highest BCUT2D eigenvalue weighted by Gasteiger charge is 2.18. The summed E-state index contributed by atoms with van der Waals surface area (Å²) in [6, 6.07) is 5.25. The van der Waals surface area contributed by atoms with Crippen molar-refractivity contribution in [2.24, 2.45) is 0 Å². The number of hydrogen-bond donors (Lipinski definition) is 2. The molecule has 0 atom stereocenters. The molecular weight excluding hydrogens is 280 g/mol. The number of nitrogens with one attached hydrogen (secondary N) is 1. The second-order valence-corrected chi connectivity index (χ2v) is 4.74. The Balaban J connectivity index is 2.41. The number of ether oxygens (including phenoxy) is 2. The van der Waals surface area contributed by atoms with Gasteiger partial charge in [-0.05, 0) is 30.6 Å². The van der Waals surface area contributed by atoms with Crippen LogP contribution in [0.5, 0.6) is 11.5 Å². The molecule has 0 amide bonds. The van der Waals surface area contributed by atoms with Gasteiger partial charge in [0, 0.05) is 6.07 Å². The van der Waals surface area contributed by atoms with Crippen LogP contribution in [0.4, 0.5) is 10.7 Å². The number of methoxy groups -OCH3 is 2. The molecule has 0 spiro atoms. The lowest BCUT2D eigenvalue weighted by molar-refractivity contribution is 0.0697. The van der Waals surface area contributed by atoms with Crippen LogP contribution in [0.25, 0.3) is 0 Å². The van der Waals surface area contributed by atoms with E-state index in [2.05, 4.69) is 9.69 Å². The minimum absolute atomic E-state index is 0.167. The molecule has 2 N–H and O–H groups in total. The number of rotatable bonds is 5. The fourth-order valence-corrected chi connectivity index (χ4v) is 2.54. The third kappa shape index (κ3) is 2.67. The van der Waals surface area contributed by atoms with Crippen molar-refractivity contribution < 1.29 is 19.4 Å². The summed E-state index contributed by atoms with van der Waals surface area (Å²) in [5, 5.41) is 12.7. The van der Waals surface area contributed by atoms with E-state index in [1.165, 1.54) is 0 Å². The molecule has 0 saturated carbocycles. The SMILES string of the molecule is COc1ccc(OC)c(Nc2snc(C)c2C(=O)O)c1. The average molecular weight is 294 g/mol. The number of aromatic carboxylic acids is 1. The maximum absolute atomic E-state index is 11.2. The fraction of sp³-hybridized carbons (Fsp3) is 0.231. The molecule has 2 aromatic rings. The van der Waals surface area contributed by atoms with Crippen molar-refractivity contribution >= 4 is 28.2 Å². The molecule has 0 saturated heterocycles. The number of carboxylic acid groups (broad SMARTS) is 1. The summed E-state index contributed by atoms with van der Waals surface area (Å²) in [5.74, 6) is 0.222. The number of benzene rings is 1. The van der Waals surface area contributed by atoms with Gasteiger partial charge >= 0.3 is 5.97 Å². The standard InChI is InChI=1S/C13H14N2O4S/c1-7-11(13(16)17)12(20-15-7)14-9-6-8(18-2)4-5-10(9)19-3/h4-6,14H,1-3H3,(H,16,17). The normalized spacial score (nSPS) is 10.2. The van der Waals surface area contributed by atoms with Crippen LogP contribution in [0.1, 0.15) is 16.1 Å². The Kier molecular flexibility index (Phi) is 4.09. The largest absolute Gasteiger partial charge is 0.497 e. The number of carbonyl (C=O) groups is 1. The smallest absolute Gasteiger partial charge is 0.340 e. The van der Waals surface area contributed by atoms with Gasteiger partial charge < -0.3 is 19.9 Å². The quantitative estimate of drug-likeness (QED) is 0.882. The van der Waals surface area contributed by atoms with E-state index >= 15 is 0 Å².